The average molecular weight is 888 g/mol. The van der Waals surface area contributed by atoms with Crippen LogP contribution in [0.2, 0.25) is 5.02 Å². The maximum absolute atomic E-state index is 15.5. The van der Waals surface area contributed by atoms with E-state index in [0.29, 0.717) is 5.02 Å². The van der Waals surface area contributed by atoms with Crippen LogP contribution in [0, 0.1) is 16.7 Å². The summed E-state index contributed by atoms with van der Waals surface area (Å²) in [5.41, 5.74) is -7.21. The van der Waals surface area contributed by atoms with Crippen molar-refractivity contribution in [3.8, 4) is 0 Å². The Bertz CT molecular complexity index is 2340. The van der Waals surface area contributed by atoms with Crippen LogP contribution in [0.3, 0.4) is 0 Å². The van der Waals surface area contributed by atoms with Crippen LogP contribution in [0.5, 0.6) is 0 Å². The Morgan fingerprint density at radius 3 is 2.02 bits per heavy atom. The van der Waals surface area contributed by atoms with Gasteiger partial charge in [-0.15, -0.1) is 0 Å². The molecule has 1 heterocycles. The number of esters is 4. The maximum atomic E-state index is 15.5. The topological polar surface area (TPSA) is 221 Å². The minimum atomic E-state index is -2.41. The van der Waals surface area contributed by atoms with Crippen LogP contribution < -0.4 is 5.32 Å². The molecule has 1 saturated heterocycles. The number of aliphatic hydroxyl groups is 3. The van der Waals surface area contributed by atoms with Gasteiger partial charge in [-0.05, 0) is 67.0 Å². The van der Waals surface area contributed by atoms with Crippen molar-refractivity contribution >= 4 is 47.2 Å². The molecule has 0 spiro atoms. The third-order valence-electron chi connectivity index (χ3n) is 13.6. The van der Waals surface area contributed by atoms with E-state index in [9.17, 15) is 39.3 Å². The zero-order valence-corrected chi connectivity index (χ0v) is 36.3. The number of ether oxygens (including phenoxy) is 5. The molecule has 1 aliphatic heterocycles. The number of nitrogens with one attached hydrogen (secondary N) is 1. The second-order valence-electron chi connectivity index (χ2n) is 17.5. The zero-order valence-electron chi connectivity index (χ0n) is 35.5. The predicted octanol–water partition coefficient (Wildman–Crippen LogP) is 4.39. The molecule has 3 fully saturated rings. The number of aliphatic hydroxyl groups excluding tert-OH is 2. The van der Waals surface area contributed by atoms with Crippen molar-refractivity contribution in [1.29, 1.82) is 0 Å². The Kier molecular flexibility index (Phi) is 12.2. The highest BCUT2D eigenvalue weighted by Crippen LogP contribution is 2.64. The van der Waals surface area contributed by atoms with Gasteiger partial charge in [0.15, 0.2) is 23.6 Å². The van der Waals surface area contributed by atoms with E-state index in [0.717, 1.165) is 13.8 Å². The fourth-order valence-corrected chi connectivity index (χ4v) is 10.3. The molecule has 3 aliphatic carbocycles. The lowest BCUT2D eigenvalue weighted by Crippen LogP contribution is -2.82. The summed E-state index contributed by atoms with van der Waals surface area (Å²) in [6.07, 6.45) is -10.7. The van der Waals surface area contributed by atoms with Crippen LogP contribution in [0.1, 0.15) is 86.7 Å². The Morgan fingerprint density at radius 2 is 1.46 bits per heavy atom. The Hall–Kier alpha value is -5.45. The molecule has 4 N–H and O–H groups in total. The van der Waals surface area contributed by atoms with Gasteiger partial charge in [-0.25, -0.2) is 9.59 Å². The summed E-state index contributed by atoms with van der Waals surface area (Å²) in [7, 11) is 0. The number of hydrogen-bond donors (Lipinski definition) is 4. The van der Waals surface area contributed by atoms with Gasteiger partial charge in [0.2, 0.25) is 0 Å². The van der Waals surface area contributed by atoms with E-state index in [1.165, 1.54) is 50.2 Å². The maximum Gasteiger partial charge on any atom is 0.338 e. The number of hydrogen-bond acceptors (Lipinski definition) is 14. The van der Waals surface area contributed by atoms with Gasteiger partial charge >= 0.3 is 23.9 Å². The summed E-state index contributed by atoms with van der Waals surface area (Å²) in [6.45, 7) is 7.92. The first-order valence-corrected chi connectivity index (χ1v) is 21.0. The molecule has 2 bridgehead atoms. The van der Waals surface area contributed by atoms with Crippen LogP contribution in [0.4, 0.5) is 0 Å². The van der Waals surface area contributed by atoms with Gasteiger partial charge in [0, 0.05) is 42.7 Å². The molecular formula is C47H50ClNO14. The summed E-state index contributed by atoms with van der Waals surface area (Å²) >= 11 is 6.16. The first kappa shape index (κ1) is 45.6. The predicted molar refractivity (Wildman–Crippen MR) is 223 cm³/mol. The van der Waals surface area contributed by atoms with Crippen molar-refractivity contribution in [2.45, 2.75) is 108 Å². The number of Topliss-reactive ketones (excluding diaryl/α,β-unsaturated/α-hetero) is 1. The molecule has 16 heteroatoms. The lowest BCUT2D eigenvalue weighted by atomic mass is 9.44. The number of rotatable bonds is 10. The molecule has 2 saturated carbocycles. The van der Waals surface area contributed by atoms with Crippen LogP contribution in [-0.4, -0.2) is 105 Å². The zero-order chi connectivity index (χ0) is 45.8. The molecule has 0 radical (unpaired) electrons. The number of ketones is 1. The third-order valence-corrected chi connectivity index (χ3v) is 13.8. The first-order valence-electron chi connectivity index (χ1n) is 20.6. The van der Waals surface area contributed by atoms with Crippen molar-refractivity contribution < 1.29 is 67.8 Å². The number of halogens is 1. The Morgan fingerprint density at radius 1 is 0.857 bits per heavy atom. The highest BCUT2D eigenvalue weighted by molar-refractivity contribution is 6.30. The molecule has 1 amide bonds. The number of fused-ring (bicyclic) bond motifs is 5. The third kappa shape index (κ3) is 7.73. The Labute approximate surface area is 368 Å². The average Bonchev–Trinajstić information content (AvgIpc) is 3.24. The SMILES string of the molecule is CC(=O)O[C@H]1C(=O)[C@]2(C)[C@@H](O)CC3OC[C@@]3(OC(C)=O)[C@H]2[C@H](OC(=O)c2ccccc2)[C@]2(O)C[C@H](OC(=O)[C@H](O)[C@H](NC(=O)c3ccccc3)c3ccc(Cl)cc3)C(C)=C1C2(C)C. The molecule has 11 atom stereocenters. The van der Waals surface area contributed by atoms with Crippen molar-refractivity contribution in [2.24, 2.45) is 16.7 Å². The number of amides is 1. The smallest absolute Gasteiger partial charge is 0.338 e. The van der Waals surface area contributed by atoms with Gasteiger partial charge in [-0.2, -0.15) is 0 Å². The van der Waals surface area contributed by atoms with E-state index in [1.807, 2.05) is 0 Å². The van der Waals surface area contributed by atoms with Crippen LogP contribution in [0.25, 0.3) is 0 Å². The van der Waals surface area contributed by atoms with Gasteiger partial charge in [0.05, 0.1) is 35.6 Å². The Balaban J connectivity index is 1.39. The second-order valence-corrected chi connectivity index (χ2v) is 17.9. The minimum absolute atomic E-state index is 0.0171. The van der Waals surface area contributed by atoms with Crippen LogP contribution in [0.15, 0.2) is 96.1 Å². The van der Waals surface area contributed by atoms with E-state index in [-0.39, 0.29) is 40.9 Å². The normalized spacial score (nSPS) is 31.6. The number of carbonyl (C=O) groups is 6. The first-order chi connectivity index (χ1) is 29.7. The summed E-state index contributed by atoms with van der Waals surface area (Å²) in [5.74, 6) is -6.95. The molecule has 7 rings (SSSR count). The van der Waals surface area contributed by atoms with Gasteiger partial charge in [0.1, 0.15) is 23.9 Å². The standard InChI is InChI=1S/C47H50ClNO14/c1-24-31(61-43(57)36(53)35(27-17-19-30(48)20-18-27)49-41(55)28-13-9-7-10-14-28)22-47(58)40(62-42(56)29-15-11-8-12-16-29)38-45(6,32(52)21-33-46(38,23-59-33)63-26(3)51)39(54)37(60-25(2)50)34(24)44(47,4)5/h7-20,31-33,35-38,40,52-53,58H,21-23H2,1-6H3,(H,49,55)/t31-,32-,33?,35+,36+,37+,38-,40-,45+,46-,47+/m0/s1. The van der Waals surface area contributed by atoms with Crippen LogP contribution in [-0.2, 0) is 42.9 Å². The summed E-state index contributed by atoms with van der Waals surface area (Å²) in [5, 5.41) is 40.6. The van der Waals surface area contributed by atoms with Crippen LogP contribution >= 0.6 is 11.6 Å². The van der Waals surface area contributed by atoms with Crippen molar-refractivity contribution in [3.05, 3.63) is 118 Å². The van der Waals surface area contributed by atoms with Gasteiger partial charge in [-0.3, -0.25) is 19.2 Å². The van der Waals surface area contributed by atoms with Gasteiger partial charge in [0.25, 0.3) is 5.91 Å². The highest BCUT2D eigenvalue weighted by Gasteiger charge is 2.78. The molecule has 4 aliphatic rings. The molecule has 334 valence electrons. The molecule has 1 unspecified atom stereocenters. The number of benzene rings is 3. The monoisotopic (exact) mass is 887 g/mol. The molecule has 15 nitrogen and oxygen atoms in total. The van der Waals surface area contributed by atoms with Gasteiger partial charge in [-0.1, -0.05) is 74.0 Å². The number of carbonyl (C=O) groups excluding carboxylic acids is 6. The molecular weight excluding hydrogens is 838 g/mol. The van der Waals surface area contributed by atoms with Gasteiger partial charge < -0.3 is 44.3 Å². The summed E-state index contributed by atoms with van der Waals surface area (Å²) < 4.78 is 30.3. The van der Waals surface area contributed by atoms with Crippen molar-refractivity contribution in [3.63, 3.8) is 0 Å². The lowest BCUT2D eigenvalue weighted by molar-refractivity contribution is -0.346. The second kappa shape index (κ2) is 16.9. The summed E-state index contributed by atoms with van der Waals surface area (Å²) in [6, 6.07) is 20.6. The van der Waals surface area contributed by atoms with Crippen molar-refractivity contribution in [1.82, 2.24) is 5.32 Å². The largest absolute Gasteiger partial charge is 0.456 e. The van der Waals surface area contributed by atoms with E-state index in [2.05, 4.69) is 5.32 Å². The molecule has 3 aromatic rings. The molecule has 3 aromatic carbocycles. The van der Waals surface area contributed by atoms with Crippen molar-refractivity contribution in [2.75, 3.05) is 6.61 Å². The van der Waals surface area contributed by atoms with E-state index >= 15 is 4.79 Å². The highest BCUT2D eigenvalue weighted by atomic mass is 35.5. The molecule has 63 heavy (non-hydrogen) atoms. The van der Waals surface area contributed by atoms with E-state index in [1.54, 1.807) is 62.4 Å². The fraction of sp³-hybridized carbons (Fsp3) is 0.447. The fourth-order valence-electron chi connectivity index (χ4n) is 10.2. The molecule has 0 aromatic heterocycles. The summed E-state index contributed by atoms with van der Waals surface area (Å²) in [4.78, 5) is 83.6. The van der Waals surface area contributed by atoms with E-state index < -0.39 is 113 Å². The van der Waals surface area contributed by atoms with E-state index in [4.69, 9.17) is 35.3 Å². The quantitative estimate of drug-likeness (QED) is 0.126. The lowest BCUT2D eigenvalue weighted by Gasteiger charge is -2.67. The minimum Gasteiger partial charge on any atom is -0.456 e.